The monoisotopic (exact) mass is 359 g/mol. The van der Waals surface area contributed by atoms with Gasteiger partial charge in [-0.25, -0.2) is 4.39 Å². The second-order valence-corrected chi connectivity index (χ2v) is 6.46. The Morgan fingerprint density at radius 3 is 2.65 bits per heavy atom. The van der Waals surface area contributed by atoms with E-state index in [9.17, 15) is 14.3 Å². The number of piperidine rings is 1. The molecule has 2 aromatic rings. The van der Waals surface area contributed by atoms with Crippen LogP contribution in [0.5, 0.6) is 0 Å². The normalized spacial score (nSPS) is 16.3. The number of nitrogens with zero attached hydrogens (tertiary/aromatic N) is 3. The summed E-state index contributed by atoms with van der Waals surface area (Å²) in [6.45, 7) is 3.35. The molecule has 1 amide bonds. The number of aliphatic hydroxyl groups is 1. The van der Waals surface area contributed by atoms with Crippen LogP contribution in [0.2, 0.25) is 0 Å². The summed E-state index contributed by atoms with van der Waals surface area (Å²) < 4.78 is 13.9. The zero-order valence-corrected chi connectivity index (χ0v) is 14.5. The summed E-state index contributed by atoms with van der Waals surface area (Å²) in [6.07, 6.45) is 1.11. The Kier molecular flexibility index (Phi) is 5.32. The molecule has 1 atom stereocenters. The molecule has 138 valence electrons. The van der Waals surface area contributed by atoms with Crippen LogP contribution in [0.1, 0.15) is 41.9 Å². The number of carbonyl (C=O) groups excluding carboxylic acids is 1. The first-order valence-corrected chi connectivity index (χ1v) is 8.56. The number of primary amides is 1. The van der Waals surface area contributed by atoms with Gasteiger partial charge in [-0.15, -0.1) is 10.2 Å². The summed E-state index contributed by atoms with van der Waals surface area (Å²) in [7, 11) is 0. The van der Waals surface area contributed by atoms with E-state index in [1.54, 1.807) is 12.1 Å². The van der Waals surface area contributed by atoms with Crippen LogP contribution < -0.4 is 16.0 Å². The molecule has 1 unspecified atom stereocenters. The van der Waals surface area contributed by atoms with Crippen LogP contribution in [0.4, 0.5) is 15.9 Å². The first-order valence-electron chi connectivity index (χ1n) is 8.56. The smallest absolute Gasteiger partial charge is 0.269 e. The van der Waals surface area contributed by atoms with Gasteiger partial charge < -0.3 is 21.1 Å². The molecule has 26 heavy (non-hydrogen) atoms. The fourth-order valence-corrected chi connectivity index (χ4v) is 3.11. The second-order valence-electron chi connectivity index (χ2n) is 6.46. The lowest BCUT2D eigenvalue weighted by atomic mass is 10.0. The first kappa shape index (κ1) is 18.1. The Bertz CT molecular complexity index is 776. The Labute approximate surface area is 151 Å². The van der Waals surface area contributed by atoms with E-state index < -0.39 is 5.91 Å². The minimum Gasteiger partial charge on any atom is -0.393 e. The van der Waals surface area contributed by atoms with E-state index in [0.717, 1.165) is 24.3 Å². The number of rotatable bonds is 5. The van der Waals surface area contributed by atoms with Gasteiger partial charge in [0.05, 0.1) is 12.1 Å². The molecule has 1 aromatic heterocycles. The standard InChI is InChI=1S/C18H22FN5O2/c1-11(21-17-5-3-15(18(20)26)22-23-17)14-10-12(19)2-4-16(14)24-8-6-13(25)7-9-24/h2-5,10-11,13,25H,6-9H2,1H3,(H2,20,26)(H,21,23). The molecule has 8 heteroatoms. The zero-order chi connectivity index (χ0) is 18.7. The van der Waals surface area contributed by atoms with E-state index in [-0.39, 0.29) is 23.7 Å². The Balaban J connectivity index is 1.80. The van der Waals surface area contributed by atoms with Crippen molar-refractivity contribution in [3.8, 4) is 0 Å². The van der Waals surface area contributed by atoms with Crippen molar-refractivity contribution in [2.45, 2.75) is 31.9 Å². The molecular formula is C18H22FN5O2. The largest absolute Gasteiger partial charge is 0.393 e. The summed E-state index contributed by atoms with van der Waals surface area (Å²) in [5, 5.41) is 20.6. The molecule has 0 spiro atoms. The highest BCUT2D eigenvalue weighted by Crippen LogP contribution is 2.31. The molecule has 7 nitrogen and oxygen atoms in total. The van der Waals surface area contributed by atoms with Crippen molar-refractivity contribution in [3.63, 3.8) is 0 Å². The minimum absolute atomic E-state index is 0.0847. The second kappa shape index (κ2) is 7.65. The van der Waals surface area contributed by atoms with Crippen LogP contribution in [0.3, 0.4) is 0 Å². The van der Waals surface area contributed by atoms with Crippen molar-refractivity contribution < 1.29 is 14.3 Å². The minimum atomic E-state index is -0.642. The lowest BCUT2D eigenvalue weighted by Crippen LogP contribution is -2.36. The molecule has 0 radical (unpaired) electrons. The number of halogens is 1. The highest BCUT2D eigenvalue weighted by atomic mass is 19.1. The van der Waals surface area contributed by atoms with Gasteiger partial charge in [0.1, 0.15) is 11.6 Å². The fraction of sp³-hybridized carbons (Fsp3) is 0.389. The lowest BCUT2D eigenvalue weighted by Gasteiger charge is -2.34. The van der Waals surface area contributed by atoms with E-state index in [2.05, 4.69) is 20.4 Å². The molecule has 1 aromatic carbocycles. The summed E-state index contributed by atoms with van der Waals surface area (Å²) in [5.41, 5.74) is 6.97. The van der Waals surface area contributed by atoms with Crippen molar-refractivity contribution in [2.24, 2.45) is 5.73 Å². The summed E-state index contributed by atoms with van der Waals surface area (Å²) in [5.74, 6) is -0.492. The number of carbonyl (C=O) groups is 1. The quantitative estimate of drug-likeness (QED) is 0.753. The van der Waals surface area contributed by atoms with E-state index in [1.807, 2.05) is 6.92 Å². The average Bonchev–Trinajstić information content (AvgIpc) is 2.63. The van der Waals surface area contributed by atoms with E-state index in [0.29, 0.717) is 18.7 Å². The highest BCUT2D eigenvalue weighted by molar-refractivity contribution is 5.90. The van der Waals surface area contributed by atoms with E-state index >= 15 is 0 Å². The number of anilines is 2. The van der Waals surface area contributed by atoms with Gasteiger partial charge in [-0.3, -0.25) is 4.79 Å². The van der Waals surface area contributed by atoms with E-state index in [1.165, 1.54) is 18.2 Å². The number of aliphatic hydroxyl groups excluding tert-OH is 1. The molecule has 1 saturated heterocycles. The summed E-state index contributed by atoms with van der Waals surface area (Å²) >= 11 is 0. The molecule has 4 N–H and O–H groups in total. The summed E-state index contributed by atoms with van der Waals surface area (Å²) in [4.78, 5) is 13.2. The van der Waals surface area contributed by atoms with Crippen molar-refractivity contribution in [1.29, 1.82) is 0 Å². The number of amides is 1. The maximum absolute atomic E-state index is 13.9. The maximum atomic E-state index is 13.9. The number of benzene rings is 1. The van der Waals surface area contributed by atoms with Crippen LogP contribution in [-0.2, 0) is 0 Å². The van der Waals surface area contributed by atoms with Gasteiger partial charge >= 0.3 is 0 Å². The predicted octanol–water partition coefficient (Wildman–Crippen LogP) is 1.85. The first-order chi connectivity index (χ1) is 12.4. The van der Waals surface area contributed by atoms with Gasteiger partial charge in [0, 0.05) is 24.3 Å². The lowest BCUT2D eigenvalue weighted by molar-refractivity contribution is 0.0994. The maximum Gasteiger partial charge on any atom is 0.269 e. The SMILES string of the molecule is CC(Nc1ccc(C(N)=O)nn1)c1cc(F)ccc1N1CCC(O)CC1. The molecule has 3 rings (SSSR count). The van der Waals surface area contributed by atoms with Gasteiger partial charge in [-0.2, -0.15) is 0 Å². The fourth-order valence-electron chi connectivity index (χ4n) is 3.11. The van der Waals surface area contributed by atoms with Gasteiger partial charge in [-0.05, 0) is 50.1 Å². The van der Waals surface area contributed by atoms with Crippen molar-refractivity contribution in [1.82, 2.24) is 10.2 Å². The molecule has 1 aliphatic rings. The van der Waals surface area contributed by atoms with Crippen molar-refractivity contribution in [2.75, 3.05) is 23.3 Å². The molecule has 1 fully saturated rings. The Morgan fingerprint density at radius 1 is 1.31 bits per heavy atom. The number of nitrogens with two attached hydrogens (primary N) is 1. The number of hydrogen-bond acceptors (Lipinski definition) is 6. The van der Waals surface area contributed by atoms with E-state index in [4.69, 9.17) is 5.73 Å². The van der Waals surface area contributed by atoms with Crippen LogP contribution >= 0.6 is 0 Å². The van der Waals surface area contributed by atoms with Gasteiger partial charge in [-0.1, -0.05) is 0 Å². The van der Waals surface area contributed by atoms with Crippen LogP contribution in [0.15, 0.2) is 30.3 Å². The molecule has 0 aliphatic carbocycles. The third kappa shape index (κ3) is 4.08. The van der Waals surface area contributed by atoms with Crippen LogP contribution in [0, 0.1) is 5.82 Å². The van der Waals surface area contributed by atoms with Gasteiger partial charge in [0.25, 0.3) is 5.91 Å². The van der Waals surface area contributed by atoms with Gasteiger partial charge in [0.2, 0.25) is 0 Å². The van der Waals surface area contributed by atoms with Crippen LogP contribution in [-0.4, -0.2) is 40.4 Å². The van der Waals surface area contributed by atoms with Crippen LogP contribution in [0.25, 0.3) is 0 Å². The molecule has 1 aliphatic heterocycles. The Hall–Kier alpha value is -2.74. The van der Waals surface area contributed by atoms with Gasteiger partial charge in [0.15, 0.2) is 5.69 Å². The van der Waals surface area contributed by atoms with Crippen molar-refractivity contribution >= 4 is 17.4 Å². The molecule has 2 heterocycles. The van der Waals surface area contributed by atoms with Crippen molar-refractivity contribution in [3.05, 3.63) is 47.4 Å². The molecular weight excluding hydrogens is 337 g/mol. The predicted molar refractivity (Wildman–Crippen MR) is 96.4 cm³/mol. The molecule has 0 saturated carbocycles. The Morgan fingerprint density at radius 2 is 2.04 bits per heavy atom. The number of nitrogens with one attached hydrogen (secondary N) is 1. The highest BCUT2D eigenvalue weighted by Gasteiger charge is 2.22. The molecule has 0 bridgehead atoms. The number of hydrogen-bond donors (Lipinski definition) is 3. The average molecular weight is 359 g/mol. The summed E-state index contributed by atoms with van der Waals surface area (Å²) in [6, 6.07) is 7.58. The third-order valence-electron chi connectivity index (χ3n) is 4.54. The third-order valence-corrected chi connectivity index (χ3v) is 4.54. The topological polar surface area (TPSA) is 104 Å². The number of aromatic nitrogens is 2. The zero-order valence-electron chi connectivity index (χ0n) is 14.5.